The second kappa shape index (κ2) is 7.31. The highest BCUT2D eigenvalue weighted by atomic mass is 35.5. The third-order valence-electron chi connectivity index (χ3n) is 3.07. The van der Waals surface area contributed by atoms with Crippen molar-refractivity contribution in [1.82, 2.24) is 0 Å². The Hall–Kier alpha value is -1.30. The maximum atomic E-state index is 12.1. The zero-order valence-corrected chi connectivity index (χ0v) is 14.8. The van der Waals surface area contributed by atoms with Gasteiger partial charge in [0.2, 0.25) is 5.78 Å². The maximum Gasteiger partial charge on any atom is 0.340 e. The van der Waals surface area contributed by atoms with Crippen LogP contribution in [0.5, 0.6) is 0 Å². The molecule has 0 aliphatic rings. The fourth-order valence-corrected chi connectivity index (χ4v) is 3.56. The number of benzene rings is 1. The van der Waals surface area contributed by atoms with Gasteiger partial charge in [-0.3, -0.25) is 4.79 Å². The third-order valence-corrected chi connectivity index (χ3v) is 5.09. The molecule has 1 aromatic heterocycles. The number of hydrogen-bond acceptors (Lipinski definition) is 5. The molecule has 0 unspecified atom stereocenters. The molecular weight excluding hydrogens is 340 g/mol. The summed E-state index contributed by atoms with van der Waals surface area (Å²) in [6.07, 6.45) is 1.91. The van der Waals surface area contributed by atoms with Gasteiger partial charge in [-0.2, -0.15) is 0 Å². The summed E-state index contributed by atoms with van der Waals surface area (Å²) in [6, 6.07) is 6.96. The molecule has 0 atom stereocenters. The smallest absolute Gasteiger partial charge is 0.340 e. The number of aryl methyl sites for hydroxylation is 2. The minimum atomic E-state index is -0.584. The van der Waals surface area contributed by atoms with Gasteiger partial charge < -0.3 is 4.74 Å². The average Bonchev–Trinajstić information content (AvgIpc) is 2.83. The number of ketones is 1. The molecule has 0 radical (unpaired) electrons. The predicted molar refractivity (Wildman–Crippen MR) is 91.6 cm³/mol. The molecule has 0 saturated heterocycles. The molecule has 0 aliphatic carbocycles. The SMILES string of the molecule is CSc1ccc(Cl)c(C(=O)OCC(=O)c2cc(C)sc2C)c1. The fraction of sp³-hybridized carbons (Fsp3) is 0.250. The molecule has 0 fully saturated rings. The van der Waals surface area contributed by atoms with Crippen molar-refractivity contribution >= 4 is 46.5 Å². The number of rotatable bonds is 5. The largest absolute Gasteiger partial charge is 0.454 e. The summed E-state index contributed by atoms with van der Waals surface area (Å²) in [5.41, 5.74) is 0.888. The van der Waals surface area contributed by atoms with Crippen LogP contribution >= 0.6 is 34.7 Å². The summed E-state index contributed by atoms with van der Waals surface area (Å²) in [5.74, 6) is -0.786. The molecule has 0 N–H and O–H groups in total. The molecule has 1 heterocycles. The number of carbonyl (C=O) groups excluding carboxylic acids is 2. The van der Waals surface area contributed by atoms with E-state index in [0.717, 1.165) is 14.6 Å². The summed E-state index contributed by atoms with van der Waals surface area (Å²) in [4.78, 5) is 27.1. The molecule has 0 amide bonds. The van der Waals surface area contributed by atoms with E-state index in [2.05, 4.69) is 0 Å². The van der Waals surface area contributed by atoms with Crippen molar-refractivity contribution in [3.8, 4) is 0 Å². The van der Waals surface area contributed by atoms with E-state index in [9.17, 15) is 9.59 Å². The first-order valence-electron chi connectivity index (χ1n) is 6.53. The quantitative estimate of drug-likeness (QED) is 0.440. The standard InChI is InChI=1S/C16H15ClO3S2/c1-9-6-12(10(2)22-9)15(18)8-20-16(19)13-7-11(21-3)4-5-14(13)17/h4-7H,8H2,1-3H3. The summed E-state index contributed by atoms with van der Waals surface area (Å²) < 4.78 is 5.11. The van der Waals surface area contributed by atoms with E-state index in [1.54, 1.807) is 23.5 Å². The van der Waals surface area contributed by atoms with Gasteiger partial charge in [0.1, 0.15) is 0 Å². The van der Waals surface area contributed by atoms with Crippen LogP contribution in [0.3, 0.4) is 0 Å². The summed E-state index contributed by atoms with van der Waals surface area (Å²) in [6.45, 7) is 3.54. The molecule has 0 saturated carbocycles. The molecule has 2 rings (SSSR count). The number of Topliss-reactive ketones (excluding diaryl/α,β-unsaturated/α-hetero) is 1. The van der Waals surface area contributed by atoms with E-state index >= 15 is 0 Å². The highest BCUT2D eigenvalue weighted by Crippen LogP contribution is 2.24. The Morgan fingerprint density at radius 2 is 1.95 bits per heavy atom. The van der Waals surface area contributed by atoms with E-state index in [1.807, 2.05) is 32.2 Å². The lowest BCUT2D eigenvalue weighted by atomic mass is 10.2. The van der Waals surface area contributed by atoms with Gasteiger partial charge in [0.25, 0.3) is 0 Å². The van der Waals surface area contributed by atoms with Crippen LogP contribution in [0, 0.1) is 13.8 Å². The Labute approximate surface area is 142 Å². The number of esters is 1. The monoisotopic (exact) mass is 354 g/mol. The lowest BCUT2D eigenvalue weighted by Crippen LogP contribution is -2.14. The van der Waals surface area contributed by atoms with Gasteiger partial charge in [0.15, 0.2) is 6.61 Å². The number of carbonyl (C=O) groups is 2. The summed E-state index contributed by atoms with van der Waals surface area (Å²) in [5, 5.41) is 0.317. The van der Waals surface area contributed by atoms with Gasteiger partial charge in [-0.15, -0.1) is 23.1 Å². The van der Waals surface area contributed by atoms with Crippen molar-refractivity contribution in [3.05, 3.63) is 50.2 Å². The molecule has 116 valence electrons. The van der Waals surface area contributed by atoms with Gasteiger partial charge in [0, 0.05) is 20.2 Å². The fourth-order valence-electron chi connectivity index (χ4n) is 1.98. The number of thiophene rings is 1. The Balaban J connectivity index is 2.07. The Kier molecular flexibility index (Phi) is 5.67. The minimum Gasteiger partial charge on any atom is -0.454 e. The van der Waals surface area contributed by atoms with Gasteiger partial charge in [-0.1, -0.05) is 11.6 Å². The number of thioether (sulfide) groups is 1. The molecule has 0 spiro atoms. The minimum absolute atomic E-state index is 0.202. The van der Waals surface area contributed by atoms with Gasteiger partial charge in [-0.25, -0.2) is 4.79 Å². The summed E-state index contributed by atoms with van der Waals surface area (Å²) in [7, 11) is 0. The first-order valence-corrected chi connectivity index (χ1v) is 8.95. The van der Waals surface area contributed by atoms with Crippen molar-refractivity contribution in [1.29, 1.82) is 0 Å². The molecule has 0 aliphatic heterocycles. The second-order valence-corrected chi connectivity index (χ2v) is 7.42. The second-order valence-electron chi connectivity index (χ2n) is 4.67. The van der Waals surface area contributed by atoms with Crippen molar-refractivity contribution in [2.24, 2.45) is 0 Å². The average molecular weight is 355 g/mol. The normalized spacial score (nSPS) is 10.5. The van der Waals surface area contributed by atoms with Crippen LogP contribution in [0.4, 0.5) is 0 Å². The van der Waals surface area contributed by atoms with Crippen LogP contribution in [0.2, 0.25) is 5.02 Å². The number of ether oxygens (including phenoxy) is 1. The lowest BCUT2D eigenvalue weighted by Gasteiger charge is -2.07. The Morgan fingerprint density at radius 1 is 1.23 bits per heavy atom. The van der Waals surface area contributed by atoms with Gasteiger partial charge in [-0.05, 0) is 44.4 Å². The van der Waals surface area contributed by atoms with Gasteiger partial charge >= 0.3 is 5.97 Å². The van der Waals surface area contributed by atoms with Gasteiger partial charge in [0.05, 0.1) is 10.6 Å². The first kappa shape index (κ1) is 17.1. The zero-order chi connectivity index (χ0) is 16.3. The molecule has 0 bridgehead atoms. The Bertz CT molecular complexity index is 722. The van der Waals surface area contributed by atoms with Crippen LogP contribution < -0.4 is 0 Å². The lowest BCUT2D eigenvalue weighted by molar-refractivity contribution is 0.0474. The maximum absolute atomic E-state index is 12.1. The van der Waals surface area contributed by atoms with E-state index in [1.165, 1.54) is 11.8 Å². The van der Waals surface area contributed by atoms with Crippen molar-refractivity contribution in [3.63, 3.8) is 0 Å². The Morgan fingerprint density at radius 3 is 2.55 bits per heavy atom. The highest BCUT2D eigenvalue weighted by Gasteiger charge is 2.17. The van der Waals surface area contributed by atoms with Crippen molar-refractivity contribution in [2.75, 3.05) is 12.9 Å². The van der Waals surface area contributed by atoms with Crippen LogP contribution in [-0.2, 0) is 4.74 Å². The van der Waals surface area contributed by atoms with Crippen molar-refractivity contribution in [2.45, 2.75) is 18.7 Å². The molecule has 2 aromatic rings. The van der Waals surface area contributed by atoms with Crippen LogP contribution in [0.1, 0.15) is 30.5 Å². The van der Waals surface area contributed by atoms with Crippen LogP contribution in [0.25, 0.3) is 0 Å². The first-order chi connectivity index (χ1) is 10.4. The molecule has 3 nitrogen and oxygen atoms in total. The van der Waals surface area contributed by atoms with Crippen LogP contribution in [0.15, 0.2) is 29.2 Å². The summed E-state index contributed by atoms with van der Waals surface area (Å²) >= 11 is 9.07. The predicted octanol–water partition coefficient (Wildman–Crippen LogP) is 4.78. The molecule has 6 heteroatoms. The third kappa shape index (κ3) is 3.91. The number of hydrogen-bond donors (Lipinski definition) is 0. The molecule has 1 aromatic carbocycles. The zero-order valence-electron chi connectivity index (χ0n) is 12.4. The number of halogens is 1. The molecule has 22 heavy (non-hydrogen) atoms. The topological polar surface area (TPSA) is 43.4 Å². The highest BCUT2D eigenvalue weighted by molar-refractivity contribution is 7.98. The van der Waals surface area contributed by atoms with Crippen LogP contribution in [-0.4, -0.2) is 24.6 Å². The van der Waals surface area contributed by atoms with E-state index in [0.29, 0.717) is 10.6 Å². The van der Waals surface area contributed by atoms with E-state index in [-0.39, 0.29) is 18.0 Å². The van der Waals surface area contributed by atoms with Crippen molar-refractivity contribution < 1.29 is 14.3 Å². The van der Waals surface area contributed by atoms with E-state index in [4.69, 9.17) is 16.3 Å². The molecular formula is C16H15ClO3S2. The van der Waals surface area contributed by atoms with E-state index < -0.39 is 5.97 Å².